The van der Waals surface area contributed by atoms with Crippen LogP contribution in [0.1, 0.15) is 87.9 Å². The molecule has 5 nitrogen and oxygen atoms in total. The van der Waals surface area contributed by atoms with E-state index in [-0.39, 0.29) is 12.5 Å². The van der Waals surface area contributed by atoms with Crippen LogP contribution in [0.4, 0.5) is 5.69 Å². The molecule has 5 heteroatoms. The van der Waals surface area contributed by atoms with Gasteiger partial charge in [0.15, 0.2) is 0 Å². The molecule has 0 saturated heterocycles. The SMILES string of the molecule is CCCCCCCCCCC=CCCCNc1ccc(C(=O)NCC(=O)O)cc1. The van der Waals surface area contributed by atoms with Crippen molar-refractivity contribution in [1.82, 2.24) is 5.32 Å². The lowest BCUT2D eigenvalue weighted by atomic mass is 10.1. The zero-order valence-corrected chi connectivity index (χ0v) is 17.9. The molecular weight excluding hydrogens is 364 g/mol. The van der Waals surface area contributed by atoms with Gasteiger partial charge < -0.3 is 15.7 Å². The Bertz CT molecular complexity index is 597. The van der Waals surface area contributed by atoms with E-state index in [0.29, 0.717) is 5.56 Å². The van der Waals surface area contributed by atoms with Crippen molar-refractivity contribution >= 4 is 17.6 Å². The van der Waals surface area contributed by atoms with Gasteiger partial charge in [0.25, 0.3) is 5.91 Å². The molecule has 0 saturated carbocycles. The average molecular weight is 403 g/mol. The van der Waals surface area contributed by atoms with Crippen molar-refractivity contribution in [1.29, 1.82) is 0 Å². The molecule has 1 aromatic rings. The number of nitrogens with one attached hydrogen (secondary N) is 2. The minimum atomic E-state index is -1.05. The molecular formula is C24H38N2O3. The van der Waals surface area contributed by atoms with Gasteiger partial charge in [0.2, 0.25) is 0 Å². The van der Waals surface area contributed by atoms with E-state index in [4.69, 9.17) is 5.11 Å². The van der Waals surface area contributed by atoms with Gasteiger partial charge in [-0.2, -0.15) is 0 Å². The number of benzene rings is 1. The highest BCUT2D eigenvalue weighted by molar-refractivity contribution is 5.96. The summed E-state index contributed by atoms with van der Waals surface area (Å²) in [6.45, 7) is 2.77. The summed E-state index contributed by atoms with van der Waals surface area (Å²) in [7, 11) is 0. The number of carbonyl (C=O) groups is 2. The Labute approximate surface area is 176 Å². The van der Waals surface area contributed by atoms with E-state index in [9.17, 15) is 9.59 Å². The van der Waals surface area contributed by atoms with Crippen LogP contribution >= 0.6 is 0 Å². The lowest BCUT2D eigenvalue weighted by Gasteiger charge is -2.07. The summed E-state index contributed by atoms with van der Waals surface area (Å²) in [5, 5.41) is 14.3. The van der Waals surface area contributed by atoms with Crippen molar-refractivity contribution in [3.63, 3.8) is 0 Å². The highest BCUT2D eigenvalue weighted by Gasteiger charge is 2.06. The number of anilines is 1. The van der Waals surface area contributed by atoms with Crippen LogP contribution in [0.15, 0.2) is 36.4 Å². The number of rotatable bonds is 17. The van der Waals surface area contributed by atoms with E-state index in [1.54, 1.807) is 12.1 Å². The molecule has 0 bridgehead atoms. The predicted octanol–water partition coefficient (Wildman–Crippen LogP) is 5.78. The molecule has 3 N–H and O–H groups in total. The summed E-state index contributed by atoms with van der Waals surface area (Å²) in [6.07, 6.45) is 18.8. The summed E-state index contributed by atoms with van der Waals surface area (Å²) in [5.74, 6) is -1.43. The normalized spacial score (nSPS) is 10.9. The minimum absolute atomic E-state index is 0.370. The number of unbranched alkanes of at least 4 members (excludes halogenated alkanes) is 9. The van der Waals surface area contributed by atoms with Gasteiger partial charge in [-0.25, -0.2) is 0 Å². The van der Waals surface area contributed by atoms with Crippen LogP contribution in [0.2, 0.25) is 0 Å². The van der Waals surface area contributed by atoms with E-state index in [2.05, 4.69) is 29.7 Å². The second kappa shape index (κ2) is 16.6. The molecule has 0 atom stereocenters. The summed E-state index contributed by atoms with van der Waals surface area (Å²) >= 11 is 0. The average Bonchev–Trinajstić information content (AvgIpc) is 2.72. The van der Waals surface area contributed by atoms with Gasteiger partial charge in [-0.3, -0.25) is 9.59 Å². The Morgan fingerprint density at radius 1 is 0.862 bits per heavy atom. The first-order chi connectivity index (χ1) is 14.1. The van der Waals surface area contributed by atoms with Crippen molar-refractivity contribution in [2.24, 2.45) is 0 Å². The summed E-state index contributed by atoms with van der Waals surface area (Å²) < 4.78 is 0. The summed E-state index contributed by atoms with van der Waals surface area (Å²) in [6, 6.07) is 7.08. The van der Waals surface area contributed by atoms with Crippen LogP contribution < -0.4 is 10.6 Å². The largest absolute Gasteiger partial charge is 0.480 e. The second-order valence-corrected chi connectivity index (χ2v) is 7.46. The van der Waals surface area contributed by atoms with Crippen molar-refractivity contribution in [2.75, 3.05) is 18.4 Å². The van der Waals surface area contributed by atoms with Gasteiger partial charge in [-0.1, -0.05) is 64.0 Å². The molecule has 0 aliphatic rings. The fourth-order valence-corrected chi connectivity index (χ4v) is 3.08. The van der Waals surface area contributed by atoms with Gasteiger partial charge in [0.1, 0.15) is 6.54 Å². The maximum atomic E-state index is 11.8. The Morgan fingerprint density at radius 3 is 2.07 bits per heavy atom. The fraction of sp³-hybridized carbons (Fsp3) is 0.583. The number of aliphatic carboxylic acids is 1. The van der Waals surface area contributed by atoms with E-state index in [1.165, 1.54) is 57.8 Å². The monoisotopic (exact) mass is 402 g/mol. The van der Waals surface area contributed by atoms with Crippen molar-refractivity contribution in [3.8, 4) is 0 Å². The molecule has 29 heavy (non-hydrogen) atoms. The maximum absolute atomic E-state index is 11.8. The molecule has 0 radical (unpaired) electrons. The van der Waals surface area contributed by atoms with Crippen molar-refractivity contribution < 1.29 is 14.7 Å². The van der Waals surface area contributed by atoms with Gasteiger partial charge >= 0.3 is 5.97 Å². The molecule has 0 aliphatic heterocycles. The highest BCUT2D eigenvalue weighted by Crippen LogP contribution is 2.11. The lowest BCUT2D eigenvalue weighted by molar-refractivity contribution is -0.135. The molecule has 1 rings (SSSR count). The number of hydrogen-bond acceptors (Lipinski definition) is 3. The molecule has 0 unspecified atom stereocenters. The Morgan fingerprint density at radius 2 is 1.45 bits per heavy atom. The number of amides is 1. The molecule has 0 spiro atoms. The van der Waals surface area contributed by atoms with Crippen molar-refractivity contribution in [2.45, 2.75) is 77.6 Å². The molecule has 1 amide bonds. The molecule has 162 valence electrons. The van der Waals surface area contributed by atoms with Crippen LogP contribution in [-0.4, -0.2) is 30.1 Å². The molecule has 0 heterocycles. The smallest absolute Gasteiger partial charge is 0.322 e. The molecule has 0 aliphatic carbocycles. The number of allylic oxidation sites excluding steroid dienone is 2. The Hall–Kier alpha value is -2.30. The third-order valence-electron chi connectivity index (χ3n) is 4.81. The number of hydrogen-bond donors (Lipinski definition) is 3. The highest BCUT2D eigenvalue weighted by atomic mass is 16.4. The van der Waals surface area contributed by atoms with Crippen LogP contribution in [0, 0.1) is 0 Å². The standard InChI is InChI=1S/C24H38N2O3/c1-2-3-4-5-6-7-8-9-10-11-12-13-14-19-25-22-17-15-21(16-18-22)24(29)26-20-23(27)28/h11-12,15-18,25H,2-10,13-14,19-20H2,1H3,(H,26,29)(H,27,28). The zero-order chi connectivity index (χ0) is 21.2. The Balaban J connectivity index is 2.02. The molecule has 0 aromatic heterocycles. The Kier molecular flexibility index (Phi) is 14.2. The first-order valence-electron chi connectivity index (χ1n) is 11.1. The third-order valence-corrected chi connectivity index (χ3v) is 4.81. The summed E-state index contributed by atoms with van der Waals surface area (Å²) in [4.78, 5) is 22.2. The van der Waals surface area contributed by atoms with E-state index in [1.807, 2.05) is 12.1 Å². The number of carboxylic acid groups (broad SMARTS) is 1. The van der Waals surface area contributed by atoms with Gasteiger partial charge in [0.05, 0.1) is 0 Å². The third kappa shape index (κ3) is 13.5. The minimum Gasteiger partial charge on any atom is -0.480 e. The molecule has 1 aromatic carbocycles. The van der Waals surface area contributed by atoms with Crippen LogP contribution in [0.3, 0.4) is 0 Å². The first kappa shape index (κ1) is 24.7. The van der Waals surface area contributed by atoms with Crippen LogP contribution in [-0.2, 0) is 4.79 Å². The zero-order valence-electron chi connectivity index (χ0n) is 17.9. The second-order valence-electron chi connectivity index (χ2n) is 7.46. The van der Waals surface area contributed by atoms with E-state index in [0.717, 1.165) is 25.1 Å². The predicted molar refractivity (Wildman–Crippen MR) is 121 cm³/mol. The topological polar surface area (TPSA) is 78.4 Å². The number of carbonyl (C=O) groups excluding carboxylic acids is 1. The van der Waals surface area contributed by atoms with Gasteiger partial charge in [-0.15, -0.1) is 0 Å². The maximum Gasteiger partial charge on any atom is 0.322 e. The van der Waals surface area contributed by atoms with Crippen molar-refractivity contribution in [3.05, 3.63) is 42.0 Å². The van der Waals surface area contributed by atoms with Crippen LogP contribution in [0.5, 0.6) is 0 Å². The molecule has 0 fully saturated rings. The van der Waals surface area contributed by atoms with Gasteiger partial charge in [0, 0.05) is 17.8 Å². The van der Waals surface area contributed by atoms with E-state index >= 15 is 0 Å². The quantitative estimate of drug-likeness (QED) is 0.228. The van der Waals surface area contributed by atoms with E-state index < -0.39 is 5.97 Å². The summed E-state index contributed by atoms with van der Waals surface area (Å²) in [5.41, 5.74) is 1.42. The van der Waals surface area contributed by atoms with Crippen LogP contribution in [0.25, 0.3) is 0 Å². The number of carboxylic acids is 1. The fourth-order valence-electron chi connectivity index (χ4n) is 3.08. The van der Waals surface area contributed by atoms with Gasteiger partial charge in [-0.05, 0) is 49.9 Å². The first-order valence-corrected chi connectivity index (χ1v) is 11.1. The lowest BCUT2D eigenvalue weighted by Crippen LogP contribution is -2.29.